The molecule has 0 aliphatic rings. The molecule has 0 saturated heterocycles. The van der Waals surface area contributed by atoms with Crippen LogP contribution in [0.3, 0.4) is 0 Å². The highest BCUT2D eigenvalue weighted by molar-refractivity contribution is 7.98. The molecule has 0 saturated carbocycles. The first-order valence-electron chi connectivity index (χ1n) is 7.81. The van der Waals surface area contributed by atoms with Crippen molar-refractivity contribution in [2.75, 3.05) is 13.3 Å². The molecule has 1 heterocycles. The number of hydrogen-bond acceptors (Lipinski definition) is 3. The minimum absolute atomic E-state index is 0.192. The zero-order valence-corrected chi connectivity index (χ0v) is 14.8. The Morgan fingerprint density at radius 1 is 1.04 bits per heavy atom. The van der Waals surface area contributed by atoms with Crippen molar-refractivity contribution in [2.45, 2.75) is 11.4 Å². The van der Waals surface area contributed by atoms with Gasteiger partial charge in [0.25, 0.3) is 5.91 Å². The summed E-state index contributed by atoms with van der Waals surface area (Å²) in [5.74, 6) is 0.310. The van der Waals surface area contributed by atoms with Crippen molar-refractivity contribution in [1.29, 1.82) is 0 Å². The van der Waals surface area contributed by atoms with Crippen LogP contribution in [0.5, 0.6) is 0 Å². The lowest BCUT2D eigenvalue weighted by atomic mass is 10.2. The fourth-order valence-electron chi connectivity index (χ4n) is 2.49. The van der Waals surface area contributed by atoms with Crippen molar-refractivity contribution in [1.82, 2.24) is 4.90 Å². The summed E-state index contributed by atoms with van der Waals surface area (Å²) in [5, 5.41) is 0. The Hall–Kier alpha value is -2.53. The predicted molar refractivity (Wildman–Crippen MR) is 98.1 cm³/mol. The summed E-state index contributed by atoms with van der Waals surface area (Å²) < 4.78 is 18.7. The summed E-state index contributed by atoms with van der Waals surface area (Å²) in [4.78, 5) is 15.3. The third-order valence-corrected chi connectivity index (χ3v) is 4.61. The molecule has 3 rings (SSSR count). The van der Waals surface area contributed by atoms with Gasteiger partial charge in [-0.15, -0.1) is 11.8 Å². The van der Waals surface area contributed by atoms with Gasteiger partial charge in [-0.1, -0.05) is 12.1 Å². The van der Waals surface area contributed by atoms with E-state index in [1.54, 1.807) is 48.0 Å². The van der Waals surface area contributed by atoms with Gasteiger partial charge in [-0.25, -0.2) is 4.39 Å². The SMILES string of the molecule is CSc1ccc(CN(C)C(=O)c2ccc(-c3ccc(F)cc3)o2)cc1. The third-order valence-electron chi connectivity index (χ3n) is 3.87. The maximum absolute atomic E-state index is 13.0. The summed E-state index contributed by atoms with van der Waals surface area (Å²) in [7, 11) is 1.74. The summed E-state index contributed by atoms with van der Waals surface area (Å²) in [6.45, 7) is 0.500. The predicted octanol–water partition coefficient (Wildman–Crippen LogP) is 5.08. The first-order valence-corrected chi connectivity index (χ1v) is 9.03. The summed E-state index contributed by atoms with van der Waals surface area (Å²) in [6, 6.07) is 17.5. The zero-order chi connectivity index (χ0) is 17.8. The van der Waals surface area contributed by atoms with E-state index in [0.29, 0.717) is 12.3 Å². The van der Waals surface area contributed by atoms with E-state index in [-0.39, 0.29) is 17.5 Å². The molecule has 25 heavy (non-hydrogen) atoms. The zero-order valence-electron chi connectivity index (χ0n) is 14.0. The number of carbonyl (C=O) groups excluding carboxylic acids is 1. The van der Waals surface area contributed by atoms with Crippen LogP contribution in [0.25, 0.3) is 11.3 Å². The molecule has 0 radical (unpaired) electrons. The molecule has 0 aliphatic heterocycles. The van der Waals surface area contributed by atoms with Gasteiger partial charge in [0.05, 0.1) is 0 Å². The van der Waals surface area contributed by atoms with E-state index in [0.717, 1.165) is 11.1 Å². The molecule has 1 amide bonds. The first kappa shape index (κ1) is 17.3. The molecule has 0 N–H and O–H groups in total. The third kappa shape index (κ3) is 4.12. The molecule has 0 aliphatic carbocycles. The fraction of sp³-hybridized carbons (Fsp3) is 0.150. The van der Waals surface area contributed by atoms with Crippen LogP contribution in [0.1, 0.15) is 16.1 Å². The van der Waals surface area contributed by atoms with Gasteiger partial charge in [-0.3, -0.25) is 4.79 Å². The second-order valence-corrected chi connectivity index (χ2v) is 6.56. The number of benzene rings is 2. The normalized spacial score (nSPS) is 10.7. The van der Waals surface area contributed by atoms with Crippen LogP contribution >= 0.6 is 11.8 Å². The Kier molecular flexibility index (Phi) is 5.24. The quantitative estimate of drug-likeness (QED) is 0.599. The minimum atomic E-state index is -0.307. The van der Waals surface area contributed by atoms with E-state index in [1.165, 1.54) is 17.0 Å². The molecule has 0 atom stereocenters. The molecule has 2 aromatic carbocycles. The number of hydrogen-bond donors (Lipinski definition) is 0. The van der Waals surface area contributed by atoms with E-state index in [9.17, 15) is 9.18 Å². The number of thioether (sulfide) groups is 1. The van der Waals surface area contributed by atoms with Crippen molar-refractivity contribution in [2.24, 2.45) is 0 Å². The Morgan fingerprint density at radius 3 is 2.36 bits per heavy atom. The largest absolute Gasteiger partial charge is 0.451 e. The summed E-state index contributed by atoms with van der Waals surface area (Å²) in [6.07, 6.45) is 2.03. The van der Waals surface area contributed by atoms with Crippen molar-refractivity contribution in [3.05, 3.63) is 77.8 Å². The van der Waals surface area contributed by atoms with Crippen LogP contribution in [-0.2, 0) is 6.54 Å². The van der Waals surface area contributed by atoms with Gasteiger partial charge in [-0.05, 0) is 60.4 Å². The molecule has 3 nitrogen and oxygen atoms in total. The summed E-state index contributed by atoms with van der Waals surface area (Å²) >= 11 is 1.68. The van der Waals surface area contributed by atoms with Gasteiger partial charge in [0.2, 0.25) is 0 Å². The Labute approximate surface area is 150 Å². The van der Waals surface area contributed by atoms with Gasteiger partial charge < -0.3 is 9.32 Å². The number of halogens is 1. The molecular weight excluding hydrogens is 337 g/mol. The number of rotatable bonds is 5. The lowest BCUT2D eigenvalue weighted by Crippen LogP contribution is -2.25. The van der Waals surface area contributed by atoms with Crippen molar-refractivity contribution >= 4 is 17.7 Å². The number of carbonyl (C=O) groups is 1. The molecule has 0 bridgehead atoms. The minimum Gasteiger partial charge on any atom is -0.451 e. The molecule has 1 aromatic heterocycles. The Balaban J connectivity index is 1.70. The van der Waals surface area contributed by atoms with Gasteiger partial charge in [0, 0.05) is 24.1 Å². The van der Waals surface area contributed by atoms with Crippen molar-refractivity contribution < 1.29 is 13.6 Å². The second-order valence-electron chi connectivity index (χ2n) is 5.68. The van der Waals surface area contributed by atoms with Crippen LogP contribution < -0.4 is 0 Å². The van der Waals surface area contributed by atoms with Crippen LogP contribution in [0.2, 0.25) is 0 Å². The lowest BCUT2D eigenvalue weighted by Gasteiger charge is -2.16. The molecular formula is C20H18FNO2S. The summed E-state index contributed by atoms with van der Waals surface area (Å²) in [5.41, 5.74) is 1.79. The topological polar surface area (TPSA) is 33.5 Å². The fourth-order valence-corrected chi connectivity index (χ4v) is 2.90. The van der Waals surface area contributed by atoms with E-state index in [4.69, 9.17) is 4.42 Å². The van der Waals surface area contributed by atoms with E-state index in [1.807, 2.05) is 30.5 Å². The van der Waals surface area contributed by atoms with Gasteiger partial charge in [-0.2, -0.15) is 0 Å². The Morgan fingerprint density at radius 2 is 1.72 bits per heavy atom. The van der Waals surface area contributed by atoms with Crippen molar-refractivity contribution in [3.63, 3.8) is 0 Å². The van der Waals surface area contributed by atoms with Crippen LogP contribution in [0.4, 0.5) is 4.39 Å². The second kappa shape index (κ2) is 7.57. The molecule has 0 fully saturated rings. The van der Waals surface area contributed by atoms with Crippen LogP contribution in [0.15, 0.2) is 70.0 Å². The van der Waals surface area contributed by atoms with Gasteiger partial charge in [0.1, 0.15) is 11.6 Å². The monoisotopic (exact) mass is 355 g/mol. The highest BCUT2D eigenvalue weighted by Crippen LogP contribution is 2.23. The molecule has 5 heteroatoms. The van der Waals surface area contributed by atoms with Gasteiger partial charge >= 0.3 is 0 Å². The number of amides is 1. The Bertz CT molecular complexity index is 856. The van der Waals surface area contributed by atoms with E-state index in [2.05, 4.69) is 0 Å². The van der Waals surface area contributed by atoms with Crippen LogP contribution in [-0.4, -0.2) is 24.1 Å². The van der Waals surface area contributed by atoms with E-state index < -0.39 is 0 Å². The molecule has 128 valence electrons. The highest BCUT2D eigenvalue weighted by Gasteiger charge is 2.17. The molecule has 0 unspecified atom stereocenters. The molecule has 0 spiro atoms. The average Bonchev–Trinajstić information content (AvgIpc) is 3.12. The van der Waals surface area contributed by atoms with Crippen molar-refractivity contribution in [3.8, 4) is 11.3 Å². The first-order chi connectivity index (χ1) is 12.1. The maximum Gasteiger partial charge on any atom is 0.289 e. The van der Waals surface area contributed by atoms with Gasteiger partial charge in [0.15, 0.2) is 5.76 Å². The lowest BCUT2D eigenvalue weighted by molar-refractivity contribution is 0.0754. The molecule has 3 aromatic rings. The smallest absolute Gasteiger partial charge is 0.289 e. The standard InChI is InChI=1S/C20H18FNO2S/c1-22(13-14-3-9-17(25-2)10-4-14)20(23)19-12-11-18(24-19)15-5-7-16(21)8-6-15/h3-12H,13H2,1-2H3. The number of nitrogens with zero attached hydrogens (tertiary/aromatic N) is 1. The average molecular weight is 355 g/mol. The van der Waals surface area contributed by atoms with Crippen LogP contribution in [0, 0.1) is 5.82 Å². The highest BCUT2D eigenvalue weighted by atomic mass is 32.2. The number of furan rings is 1. The maximum atomic E-state index is 13.0. The van der Waals surface area contributed by atoms with E-state index >= 15 is 0 Å².